The number of benzene rings is 1. The molecular weight excluding hydrogens is 242 g/mol. The smallest absolute Gasteiger partial charge is 0.169 e. The van der Waals surface area contributed by atoms with Crippen LogP contribution in [0.25, 0.3) is 0 Å². The van der Waals surface area contributed by atoms with Gasteiger partial charge < -0.3 is 5.11 Å². The van der Waals surface area contributed by atoms with Crippen molar-refractivity contribution >= 4 is 11.3 Å². The molecule has 0 fully saturated rings. The van der Waals surface area contributed by atoms with Gasteiger partial charge in [0.1, 0.15) is 5.01 Å². The summed E-state index contributed by atoms with van der Waals surface area (Å²) < 4.78 is 0. The van der Waals surface area contributed by atoms with Crippen LogP contribution in [-0.2, 0) is 5.60 Å². The summed E-state index contributed by atoms with van der Waals surface area (Å²) in [4.78, 5) is 4.41. The summed E-state index contributed by atoms with van der Waals surface area (Å²) in [5.74, 6) is 0. The highest BCUT2D eigenvalue weighted by Crippen LogP contribution is 2.37. The third-order valence-electron chi connectivity index (χ3n) is 2.93. The van der Waals surface area contributed by atoms with E-state index in [0.717, 1.165) is 11.3 Å². The third kappa shape index (κ3) is 2.04. The predicted octanol–water partition coefficient (Wildman–Crippen LogP) is 3.42. The number of thiazole rings is 1. The molecule has 0 radical (unpaired) electrons. The minimum absolute atomic E-state index is 0.653. The fourth-order valence-corrected chi connectivity index (χ4v) is 2.80. The fraction of sp³-hybridized carbons (Fsp3) is 0.200. The van der Waals surface area contributed by atoms with Crippen LogP contribution in [0.2, 0.25) is 0 Å². The van der Waals surface area contributed by atoms with Gasteiger partial charge in [-0.15, -0.1) is 17.1 Å². The summed E-state index contributed by atoms with van der Waals surface area (Å²) in [5, 5.41) is 13.6. The van der Waals surface area contributed by atoms with E-state index in [2.05, 4.69) is 17.3 Å². The van der Waals surface area contributed by atoms with Crippen molar-refractivity contribution in [3.63, 3.8) is 0 Å². The Morgan fingerprint density at radius 2 is 2.06 bits per heavy atom. The molecule has 2 nitrogen and oxygen atoms in total. The Hall–Kier alpha value is -1.67. The molecule has 18 heavy (non-hydrogen) atoms. The first-order chi connectivity index (χ1) is 8.59. The lowest BCUT2D eigenvalue weighted by molar-refractivity contribution is 0.121. The number of rotatable bonds is 3. The Kier molecular flexibility index (Phi) is 3.48. The molecule has 3 heteroatoms. The van der Waals surface area contributed by atoms with Crippen molar-refractivity contribution in [2.24, 2.45) is 0 Å². The standard InChI is InChI=1S/C15H15NOS/c1-4-11(2)15(17,13-8-6-5-7-9-13)14-16-12(3)10-18-14/h5-10,17H,1H2,2-3H3. The zero-order chi connectivity index (χ0) is 13.2. The van der Waals surface area contributed by atoms with Crippen molar-refractivity contribution in [1.29, 1.82) is 0 Å². The largest absolute Gasteiger partial charge is 0.373 e. The molecule has 0 aliphatic rings. The molecule has 0 spiro atoms. The molecule has 1 aromatic heterocycles. The summed E-state index contributed by atoms with van der Waals surface area (Å²) in [7, 11) is 0. The monoisotopic (exact) mass is 257 g/mol. The van der Waals surface area contributed by atoms with Crippen LogP contribution in [0, 0.1) is 6.92 Å². The Labute approximate surface area is 111 Å². The summed E-state index contributed by atoms with van der Waals surface area (Å²) in [6.07, 6.45) is 0. The van der Waals surface area contributed by atoms with Gasteiger partial charge in [-0.05, 0) is 19.4 Å². The van der Waals surface area contributed by atoms with Gasteiger partial charge in [0, 0.05) is 16.6 Å². The van der Waals surface area contributed by atoms with Crippen LogP contribution < -0.4 is 0 Å². The molecule has 1 atom stereocenters. The molecule has 0 amide bonds. The number of hydrogen-bond donors (Lipinski definition) is 1. The Bertz CT molecular complexity index is 596. The van der Waals surface area contributed by atoms with Crippen molar-refractivity contribution in [2.75, 3.05) is 0 Å². The van der Waals surface area contributed by atoms with E-state index < -0.39 is 5.60 Å². The fourth-order valence-electron chi connectivity index (χ4n) is 1.83. The molecule has 0 aliphatic heterocycles. The lowest BCUT2D eigenvalue weighted by Gasteiger charge is -2.26. The molecule has 0 bridgehead atoms. The van der Waals surface area contributed by atoms with Gasteiger partial charge >= 0.3 is 0 Å². The second-order valence-corrected chi connectivity index (χ2v) is 5.03. The molecule has 0 aliphatic carbocycles. The number of aryl methyl sites for hydroxylation is 1. The summed E-state index contributed by atoms with van der Waals surface area (Å²) in [6, 6.07) is 9.49. The van der Waals surface area contributed by atoms with E-state index in [0.29, 0.717) is 10.6 Å². The minimum atomic E-state index is -1.23. The minimum Gasteiger partial charge on any atom is -0.373 e. The summed E-state index contributed by atoms with van der Waals surface area (Å²) in [5.41, 5.74) is 3.91. The van der Waals surface area contributed by atoms with Gasteiger partial charge in [0.05, 0.1) is 0 Å². The maximum atomic E-state index is 11.0. The molecule has 2 aromatic rings. The topological polar surface area (TPSA) is 33.1 Å². The first-order valence-electron chi connectivity index (χ1n) is 5.66. The summed E-state index contributed by atoms with van der Waals surface area (Å²) >= 11 is 1.45. The van der Waals surface area contributed by atoms with Crippen LogP contribution in [0.3, 0.4) is 0 Å². The van der Waals surface area contributed by atoms with Crippen LogP contribution in [0.15, 0.2) is 53.6 Å². The Morgan fingerprint density at radius 1 is 1.39 bits per heavy atom. The van der Waals surface area contributed by atoms with E-state index in [1.165, 1.54) is 11.3 Å². The van der Waals surface area contributed by atoms with E-state index >= 15 is 0 Å². The molecule has 92 valence electrons. The van der Waals surface area contributed by atoms with Gasteiger partial charge in [0.15, 0.2) is 5.60 Å². The zero-order valence-electron chi connectivity index (χ0n) is 10.5. The van der Waals surface area contributed by atoms with E-state index in [9.17, 15) is 5.11 Å². The van der Waals surface area contributed by atoms with Gasteiger partial charge in [0.25, 0.3) is 0 Å². The lowest BCUT2D eigenvalue weighted by atomic mass is 9.88. The average molecular weight is 257 g/mol. The normalized spacial score (nSPS) is 13.7. The van der Waals surface area contributed by atoms with Crippen molar-refractivity contribution in [3.8, 4) is 0 Å². The van der Waals surface area contributed by atoms with E-state index in [-0.39, 0.29) is 0 Å². The molecule has 0 saturated heterocycles. The van der Waals surface area contributed by atoms with E-state index in [1.807, 2.05) is 49.6 Å². The van der Waals surface area contributed by atoms with Crippen LogP contribution in [0.4, 0.5) is 0 Å². The van der Waals surface area contributed by atoms with Gasteiger partial charge in [-0.1, -0.05) is 36.9 Å². The second kappa shape index (κ2) is 4.91. The first-order valence-corrected chi connectivity index (χ1v) is 6.54. The van der Waals surface area contributed by atoms with Crippen LogP contribution in [0.1, 0.15) is 23.2 Å². The highest BCUT2D eigenvalue weighted by atomic mass is 32.1. The number of nitrogens with zero attached hydrogens (tertiary/aromatic N) is 1. The second-order valence-electron chi connectivity index (χ2n) is 4.17. The van der Waals surface area contributed by atoms with Gasteiger partial charge in [-0.3, -0.25) is 0 Å². The van der Waals surface area contributed by atoms with Crippen LogP contribution in [0.5, 0.6) is 0 Å². The van der Waals surface area contributed by atoms with Crippen LogP contribution in [-0.4, -0.2) is 10.1 Å². The lowest BCUT2D eigenvalue weighted by Crippen LogP contribution is -2.28. The predicted molar refractivity (Wildman–Crippen MR) is 74.6 cm³/mol. The van der Waals surface area contributed by atoms with Crippen molar-refractivity contribution in [3.05, 3.63) is 69.9 Å². The number of hydrogen-bond acceptors (Lipinski definition) is 3. The number of aliphatic hydroxyl groups is 1. The highest BCUT2D eigenvalue weighted by molar-refractivity contribution is 7.09. The third-order valence-corrected chi connectivity index (χ3v) is 4.00. The average Bonchev–Trinajstić information content (AvgIpc) is 2.85. The van der Waals surface area contributed by atoms with Gasteiger partial charge in [-0.25, -0.2) is 4.98 Å². The van der Waals surface area contributed by atoms with Gasteiger partial charge in [0.2, 0.25) is 0 Å². The van der Waals surface area contributed by atoms with E-state index in [1.54, 1.807) is 0 Å². The maximum absolute atomic E-state index is 11.0. The maximum Gasteiger partial charge on any atom is 0.169 e. The quantitative estimate of drug-likeness (QED) is 0.855. The molecule has 1 heterocycles. The van der Waals surface area contributed by atoms with Gasteiger partial charge in [-0.2, -0.15) is 0 Å². The molecule has 1 aromatic carbocycles. The molecule has 1 unspecified atom stereocenters. The zero-order valence-corrected chi connectivity index (χ0v) is 11.3. The molecule has 1 N–H and O–H groups in total. The van der Waals surface area contributed by atoms with Crippen molar-refractivity contribution in [2.45, 2.75) is 19.4 Å². The van der Waals surface area contributed by atoms with E-state index in [4.69, 9.17) is 0 Å². The Morgan fingerprint density at radius 3 is 2.56 bits per heavy atom. The first kappa shape index (κ1) is 12.8. The Balaban J connectivity index is 2.66. The van der Waals surface area contributed by atoms with Crippen LogP contribution >= 0.6 is 11.3 Å². The molecule has 0 saturated carbocycles. The number of aromatic nitrogens is 1. The van der Waals surface area contributed by atoms with Crippen molar-refractivity contribution in [1.82, 2.24) is 4.98 Å². The van der Waals surface area contributed by atoms with Crippen molar-refractivity contribution < 1.29 is 5.11 Å². The summed E-state index contributed by atoms with van der Waals surface area (Å²) in [6.45, 7) is 7.37. The highest BCUT2D eigenvalue weighted by Gasteiger charge is 2.36. The molecule has 2 rings (SSSR count). The molecular formula is C15H15NOS. The SMILES string of the molecule is C=C=C(C)C(O)(c1ccccc1)c1nc(C)cs1.